The third-order valence-corrected chi connectivity index (χ3v) is 4.28. The van der Waals surface area contributed by atoms with E-state index in [1.165, 1.54) is 19.1 Å². The molecule has 0 saturated carbocycles. The Bertz CT molecular complexity index is 771. The van der Waals surface area contributed by atoms with E-state index in [-0.39, 0.29) is 23.3 Å². The molecule has 1 aromatic heterocycles. The second-order valence-corrected chi connectivity index (χ2v) is 6.08. The second kappa shape index (κ2) is 7.90. The fourth-order valence-corrected chi connectivity index (χ4v) is 2.72. The number of halogens is 1. The van der Waals surface area contributed by atoms with Gasteiger partial charge in [0.25, 0.3) is 5.91 Å². The summed E-state index contributed by atoms with van der Waals surface area (Å²) in [6.45, 7) is 4.06. The molecule has 1 aliphatic heterocycles. The van der Waals surface area contributed by atoms with Crippen molar-refractivity contribution in [2.75, 3.05) is 31.5 Å². The number of nitrogens with zero attached hydrogens (tertiary/aromatic N) is 4. The number of hydrogen-bond donors (Lipinski definition) is 1. The number of aromatic nitrogens is 2. The number of piperazine rings is 1. The molecule has 136 valence electrons. The maximum absolute atomic E-state index is 12.9. The van der Waals surface area contributed by atoms with Crippen molar-refractivity contribution >= 4 is 17.6 Å². The van der Waals surface area contributed by atoms with Crippen molar-refractivity contribution in [3.8, 4) is 0 Å². The first kappa shape index (κ1) is 17.8. The number of benzene rings is 1. The lowest BCUT2D eigenvalue weighted by atomic mass is 10.2. The van der Waals surface area contributed by atoms with E-state index >= 15 is 0 Å². The fraction of sp³-hybridized carbons (Fsp3) is 0.333. The van der Waals surface area contributed by atoms with Gasteiger partial charge < -0.3 is 15.1 Å². The van der Waals surface area contributed by atoms with Crippen LogP contribution in [0.1, 0.15) is 23.0 Å². The van der Waals surface area contributed by atoms with Crippen molar-refractivity contribution in [1.29, 1.82) is 0 Å². The molecule has 26 heavy (non-hydrogen) atoms. The topological polar surface area (TPSA) is 78.4 Å². The van der Waals surface area contributed by atoms with Gasteiger partial charge in [0.1, 0.15) is 11.6 Å². The van der Waals surface area contributed by atoms with Gasteiger partial charge in [0.05, 0.1) is 0 Å². The quantitative estimate of drug-likeness (QED) is 0.898. The maximum atomic E-state index is 12.9. The van der Waals surface area contributed by atoms with Crippen LogP contribution < -0.4 is 5.32 Å². The molecule has 0 atom stereocenters. The van der Waals surface area contributed by atoms with Gasteiger partial charge in [-0.3, -0.25) is 9.59 Å². The van der Waals surface area contributed by atoms with Gasteiger partial charge in [0, 0.05) is 39.6 Å². The monoisotopic (exact) mass is 357 g/mol. The maximum Gasteiger partial charge on any atom is 0.274 e. The van der Waals surface area contributed by atoms with Gasteiger partial charge >= 0.3 is 0 Å². The Morgan fingerprint density at radius 2 is 1.65 bits per heavy atom. The van der Waals surface area contributed by atoms with Crippen molar-refractivity contribution in [3.05, 3.63) is 53.5 Å². The van der Waals surface area contributed by atoms with Crippen LogP contribution in [0.25, 0.3) is 0 Å². The molecular formula is C18H20FN5O2. The van der Waals surface area contributed by atoms with E-state index < -0.39 is 0 Å². The summed E-state index contributed by atoms with van der Waals surface area (Å²) in [7, 11) is 0. The molecule has 0 bridgehead atoms. The molecule has 1 saturated heterocycles. The molecule has 1 fully saturated rings. The second-order valence-electron chi connectivity index (χ2n) is 6.08. The Balaban J connectivity index is 1.54. The van der Waals surface area contributed by atoms with E-state index in [0.717, 1.165) is 5.56 Å². The van der Waals surface area contributed by atoms with Gasteiger partial charge in [-0.1, -0.05) is 12.1 Å². The van der Waals surface area contributed by atoms with Gasteiger partial charge in [0.2, 0.25) is 5.91 Å². The zero-order valence-corrected chi connectivity index (χ0v) is 14.5. The molecule has 3 rings (SSSR count). The molecule has 1 aliphatic rings. The van der Waals surface area contributed by atoms with E-state index in [0.29, 0.717) is 38.5 Å². The predicted octanol–water partition coefficient (Wildman–Crippen LogP) is 1.53. The molecule has 1 aromatic carbocycles. The molecule has 2 aromatic rings. The normalized spacial score (nSPS) is 14.2. The third-order valence-electron chi connectivity index (χ3n) is 4.28. The van der Waals surface area contributed by atoms with Gasteiger partial charge in [-0.2, -0.15) is 0 Å². The summed E-state index contributed by atoms with van der Waals surface area (Å²) in [6, 6.07) is 9.49. The summed E-state index contributed by atoms with van der Waals surface area (Å²) in [5.74, 6) is 0.0899. The molecule has 2 amide bonds. The highest BCUT2D eigenvalue weighted by atomic mass is 19.1. The molecule has 7 nitrogen and oxygen atoms in total. The van der Waals surface area contributed by atoms with Crippen molar-refractivity contribution in [1.82, 2.24) is 20.0 Å². The van der Waals surface area contributed by atoms with Gasteiger partial charge in [-0.15, -0.1) is 10.2 Å². The van der Waals surface area contributed by atoms with E-state index in [4.69, 9.17) is 0 Å². The standard InChI is InChI=1S/C18H20FN5O2/c1-13(25)23-8-10-24(11-9-23)18(26)16-6-7-17(22-21-16)20-12-14-2-4-15(19)5-3-14/h2-7H,8-12H2,1H3,(H,20,22). The van der Waals surface area contributed by atoms with E-state index in [9.17, 15) is 14.0 Å². The molecule has 8 heteroatoms. The van der Waals surface area contributed by atoms with Crippen LogP contribution in [-0.4, -0.2) is 58.0 Å². The Morgan fingerprint density at radius 3 is 2.23 bits per heavy atom. The van der Waals surface area contributed by atoms with Crippen molar-refractivity contribution in [3.63, 3.8) is 0 Å². The smallest absolute Gasteiger partial charge is 0.274 e. The average molecular weight is 357 g/mol. The number of rotatable bonds is 4. The highest BCUT2D eigenvalue weighted by molar-refractivity contribution is 5.92. The van der Waals surface area contributed by atoms with Gasteiger partial charge in [-0.05, 0) is 29.8 Å². The first-order valence-corrected chi connectivity index (χ1v) is 8.40. The van der Waals surface area contributed by atoms with Crippen molar-refractivity contribution in [2.45, 2.75) is 13.5 Å². The number of carbonyl (C=O) groups excluding carboxylic acids is 2. The number of nitrogens with one attached hydrogen (secondary N) is 1. The number of hydrogen-bond acceptors (Lipinski definition) is 5. The minimum Gasteiger partial charge on any atom is -0.365 e. The lowest BCUT2D eigenvalue weighted by molar-refractivity contribution is -0.130. The summed E-state index contributed by atoms with van der Waals surface area (Å²) >= 11 is 0. The van der Waals surface area contributed by atoms with E-state index in [2.05, 4.69) is 15.5 Å². The van der Waals surface area contributed by atoms with Crippen LogP contribution in [0.5, 0.6) is 0 Å². The summed E-state index contributed by atoms with van der Waals surface area (Å²) in [5.41, 5.74) is 1.19. The molecule has 1 N–H and O–H groups in total. The van der Waals surface area contributed by atoms with E-state index in [1.807, 2.05) is 0 Å². The molecular weight excluding hydrogens is 337 g/mol. The van der Waals surface area contributed by atoms with Gasteiger partial charge in [-0.25, -0.2) is 4.39 Å². The van der Waals surface area contributed by atoms with Crippen LogP contribution in [0, 0.1) is 5.82 Å². The third kappa shape index (κ3) is 4.33. The zero-order valence-electron chi connectivity index (χ0n) is 14.5. The molecule has 0 aliphatic carbocycles. The van der Waals surface area contributed by atoms with Crippen molar-refractivity contribution < 1.29 is 14.0 Å². The number of anilines is 1. The largest absolute Gasteiger partial charge is 0.365 e. The highest BCUT2D eigenvalue weighted by Crippen LogP contribution is 2.10. The Hall–Kier alpha value is -3.03. The minimum absolute atomic E-state index is 0.0217. The van der Waals surface area contributed by atoms with Crippen LogP contribution in [0.15, 0.2) is 36.4 Å². The number of carbonyl (C=O) groups is 2. The Kier molecular flexibility index (Phi) is 5.40. The van der Waals surface area contributed by atoms with Crippen LogP contribution in [0.2, 0.25) is 0 Å². The predicted molar refractivity (Wildman–Crippen MR) is 93.9 cm³/mol. The lowest BCUT2D eigenvalue weighted by Crippen LogP contribution is -2.50. The SMILES string of the molecule is CC(=O)N1CCN(C(=O)c2ccc(NCc3ccc(F)cc3)nn2)CC1. The van der Waals surface area contributed by atoms with E-state index in [1.54, 1.807) is 34.1 Å². The summed E-state index contributed by atoms with van der Waals surface area (Å²) < 4.78 is 12.9. The Labute approximate surface area is 150 Å². The van der Waals surface area contributed by atoms with Crippen LogP contribution in [-0.2, 0) is 11.3 Å². The molecule has 0 spiro atoms. The first-order valence-electron chi connectivity index (χ1n) is 8.40. The lowest BCUT2D eigenvalue weighted by Gasteiger charge is -2.33. The zero-order chi connectivity index (χ0) is 18.5. The summed E-state index contributed by atoms with van der Waals surface area (Å²) in [6.07, 6.45) is 0. The van der Waals surface area contributed by atoms with Crippen LogP contribution >= 0.6 is 0 Å². The van der Waals surface area contributed by atoms with Gasteiger partial charge in [0.15, 0.2) is 5.69 Å². The number of amides is 2. The first-order chi connectivity index (χ1) is 12.5. The highest BCUT2D eigenvalue weighted by Gasteiger charge is 2.24. The fourth-order valence-electron chi connectivity index (χ4n) is 2.72. The summed E-state index contributed by atoms with van der Waals surface area (Å²) in [5, 5.41) is 11.1. The minimum atomic E-state index is -0.277. The summed E-state index contributed by atoms with van der Waals surface area (Å²) in [4.78, 5) is 27.2. The molecule has 2 heterocycles. The molecule has 0 radical (unpaired) electrons. The van der Waals surface area contributed by atoms with Crippen LogP contribution in [0.3, 0.4) is 0 Å². The molecule has 0 unspecified atom stereocenters. The van der Waals surface area contributed by atoms with Crippen molar-refractivity contribution in [2.24, 2.45) is 0 Å². The average Bonchev–Trinajstić information content (AvgIpc) is 2.67. The van der Waals surface area contributed by atoms with Crippen LogP contribution in [0.4, 0.5) is 10.2 Å². The Morgan fingerprint density at radius 1 is 1.00 bits per heavy atom.